The predicted molar refractivity (Wildman–Crippen MR) is 78.5 cm³/mol. The predicted octanol–water partition coefficient (Wildman–Crippen LogP) is 1.96. The molecule has 0 spiro atoms. The summed E-state index contributed by atoms with van der Waals surface area (Å²) in [5.74, 6) is 0.0632. The first-order valence-corrected chi connectivity index (χ1v) is 7.08. The van der Waals surface area contributed by atoms with E-state index in [0.717, 1.165) is 26.1 Å². The summed E-state index contributed by atoms with van der Waals surface area (Å²) in [5, 5.41) is 6.09. The molecule has 0 aromatic heterocycles. The normalized spacial score (nSPS) is 19.2. The van der Waals surface area contributed by atoms with E-state index in [-0.39, 0.29) is 10.9 Å². The fourth-order valence-electron chi connectivity index (χ4n) is 2.50. The van der Waals surface area contributed by atoms with Gasteiger partial charge in [-0.05, 0) is 50.7 Å². The quantitative estimate of drug-likeness (QED) is 0.873. The molecule has 2 rings (SSSR count). The molecule has 0 bridgehead atoms. The van der Waals surface area contributed by atoms with Gasteiger partial charge in [-0.2, -0.15) is 0 Å². The third kappa shape index (κ3) is 4.16. The molecule has 1 fully saturated rings. The smallest absolute Gasteiger partial charge is 0.238 e. The van der Waals surface area contributed by atoms with Gasteiger partial charge < -0.3 is 10.6 Å². The van der Waals surface area contributed by atoms with E-state index in [2.05, 4.69) is 15.5 Å². The largest absolute Gasteiger partial charge is 0.324 e. The molecule has 1 unspecified atom stereocenters. The first-order valence-electron chi connectivity index (χ1n) is 6.70. The zero-order valence-corrected chi connectivity index (χ0v) is 12.2. The van der Waals surface area contributed by atoms with Crippen LogP contribution in [0.1, 0.15) is 6.42 Å². The zero-order valence-electron chi connectivity index (χ0n) is 11.5. The number of benzene rings is 1. The molecule has 4 nitrogen and oxygen atoms in total. The van der Waals surface area contributed by atoms with Crippen LogP contribution in [0.25, 0.3) is 0 Å². The van der Waals surface area contributed by atoms with E-state index in [4.69, 9.17) is 11.6 Å². The summed E-state index contributed by atoms with van der Waals surface area (Å²) < 4.78 is 12.9. The van der Waals surface area contributed by atoms with E-state index in [9.17, 15) is 9.18 Å². The van der Waals surface area contributed by atoms with Crippen LogP contribution in [-0.2, 0) is 4.79 Å². The van der Waals surface area contributed by atoms with Gasteiger partial charge in [0.2, 0.25) is 5.91 Å². The molecule has 20 heavy (non-hydrogen) atoms. The van der Waals surface area contributed by atoms with Gasteiger partial charge in [0, 0.05) is 6.54 Å². The van der Waals surface area contributed by atoms with Gasteiger partial charge in [-0.1, -0.05) is 11.6 Å². The molecule has 0 saturated carbocycles. The Morgan fingerprint density at radius 2 is 2.35 bits per heavy atom. The molecule has 1 heterocycles. The molecular formula is C14H19ClFN3O. The topological polar surface area (TPSA) is 44.4 Å². The third-order valence-electron chi connectivity index (χ3n) is 3.44. The number of amides is 1. The highest BCUT2D eigenvalue weighted by Gasteiger charge is 2.23. The number of nitrogens with zero attached hydrogens (tertiary/aromatic N) is 1. The fraction of sp³-hybridized carbons (Fsp3) is 0.500. The molecule has 1 aromatic rings. The van der Waals surface area contributed by atoms with Crippen molar-refractivity contribution in [1.29, 1.82) is 0 Å². The highest BCUT2D eigenvalue weighted by molar-refractivity contribution is 6.33. The molecule has 1 aliphatic heterocycles. The third-order valence-corrected chi connectivity index (χ3v) is 3.75. The number of nitrogens with one attached hydrogen (secondary N) is 2. The van der Waals surface area contributed by atoms with Crippen molar-refractivity contribution in [3.63, 3.8) is 0 Å². The molecule has 1 aromatic carbocycles. The second kappa shape index (κ2) is 7.02. The first-order chi connectivity index (χ1) is 9.58. The molecule has 2 N–H and O–H groups in total. The van der Waals surface area contributed by atoms with Crippen molar-refractivity contribution in [2.45, 2.75) is 6.42 Å². The Balaban J connectivity index is 1.84. The molecule has 1 atom stereocenters. The summed E-state index contributed by atoms with van der Waals surface area (Å²) >= 11 is 5.88. The maximum absolute atomic E-state index is 12.9. The lowest BCUT2D eigenvalue weighted by molar-refractivity contribution is -0.117. The average molecular weight is 300 g/mol. The number of likely N-dealkylation sites (tertiary alicyclic amines) is 1. The summed E-state index contributed by atoms with van der Waals surface area (Å²) in [6.07, 6.45) is 1.10. The second-order valence-corrected chi connectivity index (χ2v) is 5.53. The Labute approximate surface area is 123 Å². The minimum absolute atomic E-state index is 0.122. The molecule has 1 aliphatic rings. The van der Waals surface area contributed by atoms with Gasteiger partial charge in [-0.3, -0.25) is 9.69 Å². The number of carbonyl (C=O) groups is 1. The SMILES string of the molecule is CNCC1CCN(CC(=O)Nc2ccc(F)cc2Cl)C1. The number of rotatable bonds is 5. The monoisotopic (exact) mass is 299 g/mol. The van der Waals surface area contributed by atoms with E-state index in [1.54, 1.807) is 0 Å². The van der Waals surface area contributed by atoms with Crippen molar-refractivity contribution in [2.75, 3.05) is 38.5 Å². The van der Waals surface area contributed by atoms with E-state index >= 15 is 0 Å². The fourth-order valence-corrected chi connectivity index (χ4v) is 2.71. The summed E-state index contributed by atoms with van der Waals surface area (Å²) in [6.45, 7) is 3.16. The van der Waals surface area contributed by atoms with Gasteiger partial charge in [0.05, 0.1) is 17.3 Å². The van der Waals surface area contributed by atoms with Crippen LogP contribution in [0.3, 0.4) is 0 Å². The van der Waals surface area contributed by atoms with Crippen LogP contribution in [0, 0.1) is 11.7 Å². The van der Waals surface area contributed by atoms with Crippen LogP contribution < -0.4 is 10.6 Å². The minimum Gasteiger partial charge on any atom is -0.324 e. The van der Waals surface area contributed by atoms with Crippen molar-refractivity contribution < 1.29 is 9.18 Å². The number of hydrogen-bond donors (Lipinski definition) is 2. The van der Waals surface area contributed by atoms with E-state index in [1.165, 1.54) is 18.2 Å². The molecule has 1 amide bonds. The Kier molecular flexibility index (Phi) is 5.34. The maximum atomic E-state index is 12.9. The van der Waals surface area contributed by atoms with Crippen molar-refractivity contribution in [3.05, 3.63) is 29.0 Å². The number of anilines is 1. The average Bonchev–Trinajstić information content (AvgIpc) is 2.81. The lowest BCUT2D eigenvalue weighted by Crippen LogP contribution is -2.32. The van der Waals surface area contributed by atoms with Gasteiger partial charge >= 0.3 is 0 Å². The summed E-state index contributed by atoms with van der Waals surface area (Å²) in [6, 6.07) is 3.94. The summed E-state index contributed by atoms with van der Waals surface area (Å²) in [4.78, 5) is 14.1. The first kappa shape index (κ1) is 15.2. The standard InChI is InChI=1S/C14H19ClFN3O/c1-17-7-10-4-5-19(8-10)9-14(20)18-13-3-2-11(16)6-12(13)15/h2-3,6,10,17H,4-5,7-9H2,1H3,(H,18,20). The maximum Gasteiger partial charge on any atom is 0.238 e. The van der Waals surface area contributed by atoms with Crippen LogP contribution >= 0.6 is 11.6 Å². The molecule has 1 saturated heterocycles. The van der Waals surface area contributed by atoms with Crippen molar-refractivity contribution in [2.24, 2.45) is 5.92 Å². The van der Waals surface area contributed by atoms with Gasteiger partial charge in [0.25, 0.3) is 0 Å². The number of halogens is 2. The molecule has 0 radical (unpaired) electrons. The lowest BCUT2D eigenvalue weighted by atomic mass is 10.1. The lowest BCUT2D eigenvalue weighted by Gasteiger charge is -2.16. The van der Waals surface area contributed by atoms with Crippen LogP contribution in [0.5, 0.6) is 0 Å². The van der Waals surface area contributed by atoms with E-state index in [1.807, 2.05) is 7.05 Å². The van der Waals surface area contributed by atoms with Crippen molar-refractivity contribution in [1.82, 2.24) is 10.2 Å². The van der Waals surface area contributed by atoms with Crippen molar-refractivity contribution >= 4 is 23.2 Å². The van der Waals surface area contributed by atoms with Gasteiger partial charge in [-0.15, -0.1) is 0 Å². The zero-order chi connectivity index (χ0) is 14.5. The van der Waals surface area contributed by atoms with Gasteiger partial charge in [0.15, 0.2) is 0 Å². The Morgan fingerprint density at radius 1 is 1.55 bits per heavy atom. The second-order valence-electron chi connectivity index (χ2n) is 5.12. The van der Waals surface area contributed by atoms with Crippen molar-refractivity contribution in [3.8, 4) is 0 Å². The Hall–Kier alpha value is -1.17. The molecule has 6 heteroatoms. The molecule has 0 aliphatic carbocycles. The van der Waals surface area contributed by atoms with Crippen LogP contribution in [0.15, 0.2) is 18.2 Å². The highest BCUT2D eigenvalue weighted by Crippen LogP contribution is 2.22. The van der Waals surface area contributed by atoms with E-state index in [0.29, 0.717) is 18.2 Å². The van der Waals surface area contributed by atoms with Gasteiger partial charge in [0.1, 0.15) is 5.82 Å². The van der Waals surface area contributed by atoms with Crippen LogP contribution in [0.2, 0.25) is 5.02 Å². The summed E-state index contributed by atoms with van der Waals surface area (Å²) in [7, 11) is 1.94. The number of hydrogen-bond acceptors (Lipinski definition) is 3. The van der Waals surface area contributed by atoms with Crippen LogP contribution in [-0.4, -0.2) is 44.0 Å². The molecule has 110 valence electrons. The molecular weight excluding hydrogens is 281 g/mol. The minimum atomic E-state index is -0.414. The van der Waals surface area contributed by atoms with Crippen LogP contribution in [0.4, 0.5) is 10.1 Å². The number of carbonyl (C=O) groups excluding carboxylic acids is 1. The Morgan fingerprint density at radius 3 is 3.05 bits per heavy atom. The summed E-state index contributed by atoms with van der Waals surface area (Å²) in [5.41, 5.74) is 0.448. The highest BCUT2D eigenvalue weighted by atomic mass is 35.5. The Bertz CT molecular complexity index is 483. The van der Waals surface area contributed by atoms with Gasteiger partial charge in [-0.25, -0.2) is 4.39 Å². The van der Waals surface area contributed by atoms with E-state index < -0.39 is 5.82 Å².